The molecule has 3 heteroatoms. The SMILES string of the molecule is OC(c1ccc(F)cc1)(c1ccc(Cl)cc1)C1CC1. The van der Waals surface area contributed by atoms with Crippen molar-refractivity contribution in [3.63, 3.8) is 0 Å². The Morgan fingerprint density at radius 1 is 0.947 bits per heavy atom. The molecule has 1 saturated carbocycles. The third-order valence-corrected chi connectivity index (χ3v) is 3.99. The molecule has 1 nitrogen and oxygen atoms in total. The van der Waals surface area contributed by atoms with Gasteiger partial charge in [-0.15, -0.1) is 0 Å². The van der Waals surface area contributed by atoms with Crippen molar-refractivity contribution >= 4 is 11.6 Å². The lowest BCUT2D eigenvalue weighted by Crippen LogP contribution is -2.29. The van der Waals surface area contributed by atoms with E-state index < -0.39 is 5.60 Å². The largest absolute Gasteiger partial charge is 0.380 e. The van der Waals surface area contributed by atoms with Gasteiger partial charge in [-0.05, 0) is 54.2 Å². The smallest absolute Gasteiger partial charge is 0.123 e. The Kier molecular flexibility index (Phi) is 3.08. The van der Waals surface area contributed by atoms with Gasteiger partial charge in [0.15, 0.2) is 0 Å². The predicted molar refractivity (Wildman–Crippen MR) is 73.6 cm³/mol. The van der Waals surface area contributed by atoms with E-state index in [0.717, 1.165) is 24.0 Å². The van der Waals surface area contributed by atoms with Gasteiger partial charge in [-0.1, -0.05) is 35.9 Å². The molecule has 1 aliphatic rings. The molecular weight excluding hydrogens is 263 g/mol. The Labute approximate surface area is 116 Å². The first-order valence-corrected chi connectivity index (χ1v) is 6.73. The van der Waals surface area contributed by atoms with E-state index in [0.29, 0.717) is 5.02 Å². The highest BCUT2D eigenvalue weighted by Gasteiger charge is 2.46. The number of hydrogen-bond acceptors (Lipinski definition) is 1. The van der Waals surface area contributed by atoms with Crippen molar-refractivity contribution in [2.24, 2.45) is 5.92 Å². The lowest BCUT2D eigenvalue weighted by atomic mass is 9.82. The summed E-state index contributed by atoms with van der Waals surface area (Å²) in [6, 6.07) is 13.3. The van der Waals surface area contributed by atoms with Gasteiger partial charge in [-0.2, -0.15) is 0 Å². The van der Waals surface area contributed by atoms with E-state index >= 15 is 0 Å². The molecule has 19 heavy (non-hydrogen) atoms. The molecule has 0 amide bonds. The lowest BCUT2D eigenvalue weighted by molar-refractivity contribution is 0.0564. The molecular formula is C16H14ClFO. The van der Waals surface area contributed by atoms with E-state index in [1.807, 2.05) is 12.1 Å². The molecule has 0 spiro atoms. The minimum Gasteiger partial charge on any atom is -0.380 e. The van der Waals surface area contributed by atoms with E-state index in [-0.39, 0.29) is 11.7 Å². The lowest BCUT2D eigenvalue weighted by Gasteiger charge is -2.29. The summed E-state index contributed by atoms with van der Waals surface area (Å²) >= 11 is 5.89. The topological polar surface area (TPSA) is 20.2 Å². The molecule has 1 unspecified atom stereocenters. The number of aliphatic hydroxyl groups is 1. The highest BCUT2D eigenvalue weighted by Crippen LogP contribution is 2.49. The van der Waals surface area contributed by atoms with Gasteiger partial charge in [0.25, 0.3) is 0 Å². The van der Waals surface area contributed by atoms with Crippen LogP contribution in [-0.2, 0) is 5.60 Å². The second-order valence-electron chi connectivity index (χ2n) is 5.05. The molecule has 0 aromatic heterocycles. The van der Waals surface area contributed by atoms with Gasteiger partial charge in [0.05, 0.1) is 0 Å². The molecule has 0 radical (unpaired) electrons. The van der Waals surface area contributed by atoms with Crippen molar-refractivity contribution in [1.29, 1.82) is 0 Å². The fourth-order valence-corrected chi connectivity index (χ4v) is 2.67. The third-order valence-electron chi connectivity index (χ3n) is 3.74. The minimum atomic E-state index is -1.04. The van der Waals surface area contributed by atoms with E-state index in [1.165, 1.54) is 12.1 Å². The molecule has 0 saturated heterocycles. The number of rotatable bonds is 3. The van der Waals surface area contributed by atoms with Crippen LogP contribution in [0.5, 0.6) is 0 Å². The monoisotopic (exact) mass is 276 g/mol. The van der Waals surface area contributed by atoms with Crippen LogP contribution in [0.15, 0.2) is 48.5 Å². The van der Waals surface area contributed by atoms with Crippen molar-refractivity contribution in [1.82, 2.24) is 0 Å². The second kappa shape index (κ2) is 4.62. The van der Waals surface area contributed by atoms with Crippen LogP contribution in [0.1, 0.15) is 24.0 Å². The van der Waals surface area contributed by atoms with Gasteiger partial charge >= 0.3 is 0 Å². The summed E-state index contributed by atoms with van der Waals surface area (Å²) in [5.41, 5.74) is 0.503. The van der Waals surface area contributed by atoms with Gasteiger partial charge in [-0.3, -0.25) is 0 Å². The molecule has 2 aromatic carbocycles. The van der Waals surface area contributed by atoms with Gasteiger partial charge in [-0.25, -0.2) is 4.39 Å². The van der Waals surface area contributed by atoms with Gasteiger partial charge in [0, 0.05) is 5.02 Å². The van der Waals surface area contributed by atoms with Crippen molar-refractivity contribution in [2.75, 3.05) is 0 Å². The zero-order valence-corrected chi connectivity index (χ0v) is 11.1. The van der Waals surface area contributed by atoms with E-state index in [1.54, 1.807) is 24.3 Å². The maximum Gasteiger partial charge on any atom is 0.123 e. The first kappa shape index (κ1) is 12.6. The van der Waals surface area contributed by atoms with Crippen molar-refractivity contribution in [3.05, 3.63) is 70.5 Å². The molecule has 0 bridgehead atoms. The quantitative estimate of drug-likeness (QED) is 0.894. The fraction of sp³-hybridized carbons (Fsp3) is 0.250. The zero-order valence-electron chi connectivity index (χ0n) is 10.3. The van der Waals surface area contributed by atoms with Gasteiger partial charge < -0.3 is 5.11 Å². The van der Waals surface area contributed by atoms with Crippen LogP contribution in [0.4, 0.5) is 4.39 Å². The Morgan fingerprint density at radius 3 is 1.89 bits per heavy atom. The predicted octanol–water partition coefficient (Wildman–Crippen LogP) is 4.13. The molecule has 1 fully saturated rings. The Balaban J connectivity index is 2.08. The van der Waals surface area contributed by atoms with E-state index in [9.17, 15) is 9.50 Å². The molecule has 2 aromatic rings. The summed E-state index contributed by atoms with van der Waals surface area (Å²) in [6.45, 7) is 0. The Hall–Kier alpha value is -1.38. The van der Waals surface area contributed by atoms with Crippen LogP contribution in [0.2, 0.25) is 5.02 Å². The van der Waals surface area contributed by atoms with Crippen LogP contribution < -0.4 is 0 Å². The van der Waals surface area contributed by atoms with Crippen LogP contribution in [0.3, 0.4) is 0 Å². The Bertz CT molecular complexity index is 527. The molecule has 0 heterocycles. The van der Waals surface area contributed by atoms with Gasteiger partial charge in [0.2, 0.25) is 0 Å². The fourth-order valence-electron chi connectivity index (χ4n) is 2.55. The summed E-state index contributed by atoms with van der Waals surface area (Å²) in [5, 5.41) is 11.7. The summed E-state index contributed by atoms with van der Waals surface area (Å²) in [5.74, 6) is -0.0999. The molecule has 1 aliphatic carbocycles. The average molecular weight is 277 g/mol. The Morgan fingerprint density at radius 2 is 1.42 bits per heavy atom. The normalized spacial score (nSPS) is 18.1. The second-order valence-corrected chi connectivity index (χ2v) is 5.49. The third kappa shape index (κ3) is 2.26. The molecule has 98 valence electrons. The van der Waals surface area contributed by atoms with E-state index in [4.69, 9.17) is 11.6 Å². The van der Waals surface area contributed by atoms with E-state index in [2.05, 4.69) is 0 Å². The maximum atomic E-state index is 13.0. The molecule has 0 aliphatic heterocycles. The molecule has 1 N–H and O–H groups in total. The summed E-state index contributed by atoms with van der Waals surface area (Å²) < 4.78 is 13.0. The van der Waals surface area contributed by atoms with Crippen molar-refractivity contribution in [2.45, 2.75) is 18.4 Å². The first-order valence-electron chi connectivity index (χ1n) is 6.35. The van der Waals surface area contributed by atoms with Crippen LogP contribution >= 0.6 is 11.6 Å². The molecule has 1 atom stereocenters. The number of hydrogen-bond donors (Lipinski definition) is 1. The van der Waals surface area contributed by atoms with Crippen LogP contribution in [0, 0.1) is 11.7 Å². The van der Waals surface area contributed by atoms with Gasteiger partial charge in [0.1, 0.15) is 11.4 Å². The van der Waals surface area contributed by atoms with Crippen LogP contribution in [0.25, 0.3) is 0 Å². The molecule has 3 rings (SSSR count). The average Bonchev–Trinajstić information content (AvgIpc) is 3.24. The zero-order chi connectivity index (χ0) is 13.5. The summed E-state index contributed by atoms with van der Waals surface area (Å²) in [7, 11) is 0. The summed E-state index contributed by atoms with van der Waals surface area (Å²) in [4.78, 5) is 0. The van der Waals surface area contributed by atoms with Crippen molar-refractivity contribution < 1.29 is 9.50 Å². The number of halogens is 2. The number of benzene rings is 2. The van der Waals surface area contributed by atoms with Crippen LogP contribution in [-0.4, -0.2) is 5.11 Å². The minimum absolute atomic E-state index is 0.194. The maximum absolute atomic E-state index is 13.0. The highest BCUT2D eigenvalue weighted by atomic mass is 35.5. The standard InChI is InChI=1S/C16H14ClFO/c17-14-7-3-12(4-8-14)16(19,11-1-2-11)13-5-9-15(18)10-6-13/h3-11,19H,1-2H2. The first-order chi connectivity index (χ1) is 9.10. The highest BCUT2D eigenvalue weighted by molar-refractivity contribution is 6.30. The summed E-state index contributed by atoms with van der Waals surface area (Å²) in [6.07, 6.45) is 1.97. The van der Waals surface area contributed by atoms with Crippen molar-refractivity contribution in [3.8, 4) is 0 Å².